The Hall–Kier alpha value is -1.55. The Morgan fingerprint density at radius 3 is 3.00 bits per heavy atom. The molecule has 0 fully saturated rings. The van der Waals surface area contributed by atoms with E-state index >= 15 is 0 Å². The van der Waals surface area contributed by atoms with E-state index in [1.807, 2.05) is 18.2 Å². The first kappa shape index (κ1) is 8.07. The molecule has 1 unspecified atom stereocenters. The van der Waals surface area contributed by atoms with Crippen molar-refractivity contribution in [2.24, 2.45) is 0 Å². The molecule has 1 aromatic rings. The van der Waals surface area contributed by atoms with Crippen LogP contribution in [-0.2, 0) is 4.74 Å². The molecule has 1 amide bonds. The molecule has 0 spiro atoms. The molecule has 13 heavy (non-hydrogen) atoms. The van der Waals surface area contributed by atoms with Crippen LogP contribution in [0.3, 0.4) is 0 Å². The van der Waals surface area contributed by atoms with Crippen molar-refractivity contribution in [3.63, 3.8) is 0 Å². The molecule has 0 saturated carbocycles. The number of aliphatic hydroxyl groups is 1. The Labute approximate surface area is 75.1 Å². The molecular weight excluding hydrogens is 170 g/mol. The zero-order valence-corrected chi connectivity index (χ0v) is 6.86. The first-order valence-electron chi connectivity index (χ1n) is 3.98. The van der Waals surface area contributed by atoms with Crippen LogP contribution in [0.15, 0.2) is 24.3 Å². The quantitative estimate of drug-likeness (QED) is 0.682. The molecule has 1 aromatic carbocycles. The Balaban J connectivity index is 2.42. The fourth-order valence-electron chi connectivity index (χ4n) is 1.36. The predicted octanol–water partition coefficient (Wildman–Crippen LogP) is 1.28. The van der Waals surface area contributed by atoms with Gasteiger partial charge in [-0.15, -0.1) is 0 Å². The second-order valence-corrected chi connectivity index (χ2v) is 2.79. The number of anilines is 1. The van der Waals surface area contributed by atoms with E-state index in [2.05, 4.69) is 5.32 Å². The molecule has 1 aliphatic rings. The van der Waals surface area contributed by atoms with Gasteiger partial charge in [-0.3, -0.25) is 5.32 Å². The van der Waals surface area contributed by atoms with Crippen LogP contribution in [0.25, 0.3) is 0 Å². The molecule has 1 atom stereocenters. The molecule has 1 aliphatic heterocycles. The van der Waals surface area contributed by atoms with Crippen molar-refractivity contribution in [2.75, 3.05) is 11.9 Å². The van der Waals surface area contributed by atoms with E-state index in [0.717, 1.165) is 5.56 Å². The lowest BCUT2D eigenvalue weighted by Gasteiger charge is -2.24. The van der Waals surface area contributed by atoms with E-state index < -0.39 is 12.2 Å². The summed E-state index contributed by atoms with van der Waals surface area (Å²) >= 11 is 0. The van der Waals surface area contributed by atoms with Crippen molar-refractivity contribution in [1.29, 1.82) is 0 Å². The molecule has 2 rings (SSSR count). The molecular formula is C9H9NO3. The van der Waals surface area contributed by atoms with Gasteiger partial charge in [-0.05, 0) is 6.07 Å². The summed E-state index contributed by atoms with van der Waals surface area (Å²) in [7, 11) is 0. The van der Waals surface area contributed by atoms with E-state index in [1.54, 1.807) is 6.07 Å². The lowest BCUT2D eigenvalue weighted by Crippen LogP contribution is -2.26. The maximum Gasteiger partial charge on any atom is 0.412 e. The van der Waals surface area contributed by atoms with Gasteiger partial charge in [0.2, 0.25) is 0 Å². The number of benzene rings is 1. The molecule has 4 heteroatoms. The molecule has 4 nitrogen and oxygen atoms in total. The smallest absolute Gasteiger partial charge is 0.412 e. The van der Waals surface area contributed by atoms with Crippen molar-refractivity contribution < 1.29 is 14.6 Å². The average molecular weight is 179 g/mol. The fraction of sp³-hybridized carbons (Fsp3) is 0.222. The summed E-state index contributed by atoms with van der Waals surface area (Å²) in [5.74, 6) is 0. The molecule has 1 heterocycles. The largest absolute Gasteiger partial charge is 0.439 e. The predicted molar refractivity (Wildman–Crippen MR) is 46.4 cm³/mol. The highest BCUT2D eigenvalue weighted by atomic mass is 16.6. The van der Waals surface area contributed by atoms with Crippen LogP contribution in [0, 0.1) is 0 Å². The number of ether oxygens (including phenoxy) is 1. The summed E-state index contributed by atoms with van der Waals surface area (Å²) < 4.78 is 4.86. The van der Waals surface area contributed by atoms with Crippen LogP contribution in [0.5, 0.6) is 0 Å². The zero-order valence-electron chi connectivity index (χ0n) is 6.86. The van der Waals surface area contributed by atoms with Crippen LogP contribution >= 0.6 is 0 Å². The van der Waals surface area contributed by atoms with Crippen molar-refractivity contribution in [2.45, 2.75) is 6.10 Å². The molecule has 0 radical (unpaired) electrons. The Kier molecular flexibility index (Phi) is 1.90. The van der Waals surface area contributed by atoms with E-state index in [0.29, 0.717) is 5.69 Å². The van der Waals surface area contributed by atoms with Gasteiger partial charge in [0, 0.05) is 5.56 Å². The zero-order chi connectivity index (χ0) is 9.26. The Morgan fingerprint density at radius 2 is 2.23 bits per heavy atom. The molecule has 0 saturated heterocycles. The van der Waals surface area contributed by atoms with Gasteiger partial charge in [0.1, 0.15) is 0 Å². The Morgan fingerprint density at radius 1 is 1.46 bits per heavy atom. The number of aliphatic hydroxyl groups excluding tert-OH is 1. The molecule has 2 N–H and O–H groups in total. The molecule has 0 aromatic heterocycles. The van der Waals surface area contributed by atoms with Gasteiger partial charge in [-0.1, -0.05) is 18.2 Å². The number of carbonyl (C=O) groups is 1. The van der Waals surface area contributed by atoms with Crippen LogP contribution in [0.2, 0.25) is 0 Å². The van der Waals surface area contributed by atoms with Gasteiger partial charge in [0.15, 0.2) is 6.10 Å². The monoisotopic (exact) mass is 179 g/mol. The normalized spacial score (nSPS) is 20.1. The lowest BCUT2D eigenvalue weighted by atomic mass is 10.1. The highest BCUT2D eigenvalue weighted by Crippen LogP contribution is 2.29. The summed E-state index contributed by atoms with van der Waals surface area (Å²) in [6, 6.07) is 7.25. The summed E-state index contributed by atoms with van der Waals surface area (Å²) in [6.45, 7) is -0.190. The van der Waals surface area contributed by atoms with E-state index in [-0.39, 0.29) is 6.61 Å². The summed E-state index contributed by atoms with van der Waals surface area (Å²) in [5.41, 5.74) is 1.52. The minimum absolute atomic E-state index is 0.190. The maximum atomic E-state index is 11.0. The van der Waals surface area contributed by atoms with Gasteiger partial charge in [-0.25, -0.2) is 4.79 Å². The molecule has 0 bridgehead atoms. The SMILES string of the molecule is O=C1Nc2ccccc2C(CO)O1. The fourth-order valence-corrected chi connectivity index (χ4v) is 1.36. The topological polar surface area (TPSA) is 58.6 Å². The van der Waals surface area contributed by atoms with Crippen LogP contribution in [-0.4, -0.2) is 17.8 Å². The van der Waals surface area contributed by atoms with Crippen molar-refractivity contribution >= 4 is 11.8 Å². The second kappa shape index (κ2) is 3.06. The minimum atomic E-state index is -0.537. The Bertz CT molecular complexity index is 337. The highest BCUT2D eigenvalue weighted by molar-refractivity contribution is 5.88. The highest BCUT2D eigenvalue weighted by Gasteiger charge is 2.24. The number of hydrogen-bond donors (Lipinski definition) is 2. The van der Waals surface area contributed by atoms with Crippen LogP contribution in [0.1, 0.15) is 11.7 Å². The third-order valence-electron chi connectivity index (χ3n) is 1.96. The van der Waals surface area contributed by atoms with E-state index in [1.165, 1.54) is 0 Å². The average Bonchev–Trinajstić information content (AvgIpc) is 2.16. The first-order chi connectivity index (χ1) is 6.31. The number of cyclic esters (lactones) is 1. The maximum absolute atomic E-state index is 11.0. The number of carbonyl (C=O) groups excluding carboxylic acids is 1. The molecule has 68 valence electrons. The summed E-state index contributed by atoms with van der Waals surface area (Å²) in [5, 5.41) is 11.5. The second-order valence-electron chi connectivity index (χ2n) is 2.79. The molecule has 0 aliphatic carbocycles. The number of amides is 1. The number of hydrogen-bond acceptors (Lipinski definition) is 3. The third-order valence-corrected chi connectivity index (χ3v) is 1.96. The van der Waals surface area contributed by atoms with Gasteiger partial charge in [0.05, 0.1) is 12.3 Å². The van der Waals surface area contributed by atoms with E-state index in [4.69, 9.17) is 9.84 Å². The van der Waals surface area contributed by atoms with Crippen LogP contribution in [0.4, 0.5) is 10.5 Å². The van der Waals surface area contributed by atoms with Crippen molar-refractivity contribution in [3.05, 3.63) is 29.8 Å². The number of nitrogens with one attached hydrogen (secondary N) is 1. The van der Waals surface area contributed by atoms with Crippen LogP contribution < -0.4 is 5.32 Å². The third kappa shape index (κ3) is 1.36. The summed E-state index contributed by atoms with van der Waals surface area (Å²) in [6.07, 6.45) is -1.05. The van der Waals surface area contributed by atoms with Gasteiger partial charge in [0.25, 0.3) is 0 Å². The van der Waals surface area contributed by atoms with Gasteiger partial charge in [-0.2, -0.15) is 0 Å². The first-order valence-corrected chi connectivity index (χ1v) is 3.98. The standard InChI is InChI=1S/C9H9NO3/c11-5-8-6-3-1-2-4-7(6)10-9(12)13-8/h1-4,8,11H,5H2,(H,10,12). The van der Waals surface area contributed by atoms with Crippen molar-refractivity contribution in [3.8, 4) is 0 Å². The van der Waals surface area contributed by atoms with Gasteiger partial charge < -0.3 is 9.84 Å². The number of rotatable bonds is 1. The lowest BCUT2D eigenvalue weighted by molar-refractivity contribution is 0.0625. The summed E-state index contributed by atoms with van der Waals surface area (Å²) in [4.78, 5) is 11.0. The van der Waals surface area contributed by atoms with Crippen molar-refractivity contribution in [1.82, 2.24) is 0 Å². The van der Waals surface area contributed by atoms with Gasteiger partial charge >= 0.3 is 6.09 Å². The number of para-hydroxylation sites is 1. The van der Waals surface area contributed by atoms with E-state index in [9.17, 15) is 4.79 Å². The minimum Gasteiger partial charge on any atom is -0.439 e. The number of fused-ring (bicyclic) bond motifs is 1.